The second-order valence-corrected chi connectivity index (χ2v) is 4.19. The van der Waals surface area contributed by atoms with Crippen LogP contribution in [-0.4, -0.2) is 53.7 Å². The third kappa shape index (κ3) is 4.76. The van der Waals surface area contributed by atoms with Crippen molar-refractivity contribution in [2.24, 2.45) is 0 Å². The van der Waals surface area contributed by atoms with E-state index in [1.165, 1.54) is 7.05 Å². The number of aliphatic carboxylic acids is 1. The monoisotopic (exact) mass is 274 g/mol. The van der Waals surface area contributed by atoms with Gasteiger partial charge in [-0.15, -0.1) is 0 Å². The molecule has 0 heterocycles. The lowest BCUT2D eigenvalue weighted by Gasteiger charge is -2.30. The highest BCUT2D eigenvalue weighted by atomic mass is 16.5. The molecule has 110 valence electrons. The zero-order valence-corrected chi connectivity index (χ0v) is 11.9. The lowest BCUT2D eigenvalue weighted by molar-refractivity contribution is -0.144. The third-order valence-corrected chi connectivity index (χ3v) is 2.98. The van der Waals surface area contributed by atoms with E-state index < -0.39 is 23.5 Å². The summed E-state index contributed by atoms with van der Waals surface area (Å²) < 4.78 is 4.72. The number of ether oxygens (including phenoxy) is 1. The molecule has 7 nitrogen and oxygen atoms in total. The second-order valence-electron chi connectivity index (χ2n) is 4.19. The molecule has 0 spiro atoms. The number of rotatable bonds is 7. The van der Waals surface area contributed by atoms with Crippen LogP contribution < -0.4 is 5.32 Å². The summed E-state index contributed by atoms with van der Waals surface area (Å²) in [5, 5.41) is 11.7. The van der Waals surface area contributed by atoms with E-state index in [2.05, 4.69) is 5.32 Å². The van der Waals surface area contributed by atoms with Gasteiger partial charge in [0.15, 0.2) is 0 Å². The maximum Gasteiger partial charge on any atom is 0.329 e. The zero-order valence-electron chi connectivity index (χ0n) is 11.9. The highest BCUT2D eigenvalue weighted by Gasteiger charge is 2.37. The first kappa shape index (κ1) is 17.2. The summed E-state index contributed by atoms with van der Waals surface area (Å²) in [5.74, 6) is -1.62. The predicted octanol–water partition coefficient (Wildman–Crippen LogP) is 0.834. The highest BCUT2D eigenvalue weighted by Crippen LogP contribution is 2.15. The smallest absolute Gasteiger partial charge is 0.329 e. The van der Waals surface area contributed by atoms with Gasteiger partial charge in [0.1, 0.15) is 12.1 Å². The van der Waals surface area contributed by atoms with Crippen molar-refractivity contribution in [3.05, 3.63) is 0 Å². The second kappa shape index (κ2) is 7.60. The number of esters is 1. The molecule has 0 aromatic heterocycles. The molecule has 2 N–H and O–H groups in total. The Balaban J connectivity index is 4.65. The van der Waals surface area contributed by atoms with Gasteiger partial charge in [0.25, 0.3) is 0 Å². The van der Waals surface area contributed by atoms with Crippen LogP contribution in [0, 0.1) is 0 Å². The van der Waals surface area contributed by atoms with Crippen LogP contribution in [0.3, 0.4) is 0 Å². The number of hydrogen-bond donors (Lipinski definition) is 2. The van der Waals surface area contributed by atoms with E-state index in [4.69, 9.17) is 4.74 Å². The van der Waals surface area contributed by atoms with Crippen molar-refractivity contribution in [2.45, 2.75) is 39.2 Å². The molecule has 0 saturated heterocycles. The fourth-order valence-electron chi connectivity index (χ4n) is 1.55. The summed E-state index contributed by atoms with van der Waals surface area (Å²) in [6, 6.07) is -0.612. The summed E-state index contributed by atoms with van der Waals surface area (Å²) >= 11 is 0. The van der Waals surface area contributed by atoms with Crippen molar-refractivity contribution in [2.75, 3.05) is 20.2 Å². The lowest BCUT2D eigenvalue weighted by atomic mass is 9.93. The molecule has 0 aliphatic rings. The Hall–Kier alpha value is -1.79. The summed E-state index contributed by atoms with van der Waals surface area (Å²) in [6.07, 6.45) is 0.523. The van der Waals surface area contributed by atoms with Gasteiger partial charge in [-0.2, -0.15) is 0 Å². The first-order valence-electron chi connectivity index (χ1n) is 6.25. The molecular weight excluding hydrogens is 252 g/mol. The maximum atomic E-state index is 11.9. The van der Waals surface area contributed by atoms with Gasteiger partial charge in [-0.05, 0) is 19.8 Å². The van der Waals surface area contributed by atoms with E-state index in [1.54, 1.807) is 20.8 Å². The fourth-order valence-corrected chi connectivity index (χ4v) is 1.55. The van der Waals surface area contributed by atoms with Crippen LogP contribution in [0.1, 0.15) is 33.6 Å². The third-order valence-electron chi connectivity index (χ3n) is 2.98. The molecule has 0 unspecified atom stereocenters. The van der Waals surface area contributed by atoms with E-state index in [0.717, 1.165) is 4.90 Å². The van der Waals surface area contributed by atoms with Crippen LogP contribution in [0.25, 0.3) is 0 Å². The molecule has 0 bridgehead atoms. The van der Waals surface area contributed by atoms with E-state index in [9.17, 15) is 19.5 Å². The number of amides is 2. The summed E-state index contributed by atoms with van der Waals surface area (Å²) in [7, 11) is 1.41. The van der Waals surface area contributed by atoms with Gasteiger partial charge in [0.2, 0.25) is 0 Å². The van der Waals surface area contributed by atoms with Crippen LogP contribution in [0.15, 0.2) is 0 Å². The van der Waals surface area contributed by atoms with Crippen LogP contribution >= 0.6 is 0 Å². The Morgan fingerprint density at radius 3 is 2.11 bits per heavy atom. The minimum Gasteiger partial charge on any atom is -0.480 e. The first-order chi connectivity index (χ1) is 8.82. The Morgan fingerprint density at radius 2 is 1.74 bits per heavy atom. The number of likely N-dealkylation sites (N-methyl/N-ethyl adjacent to an activating group) is 1. The van der Waals surface area contributed by atoms with Gasteiger partial charge < -0.3 is 20.1 Å². The molecule has 0 atom stereocenters. The highest BCUT2D eigenvalue weighted by molar-refractivity contribution is 5.87. The van der Waals surface area contributed by atoms with Crippen LogP contribution in [-0.2, 0) is 14.3 Å². The first-order valence-corrected chi connectivity index (χ1v) is 6.25. The molecule has 0 rings (SSSR count). The van der Waals surface area contributed by atoms with Gasteiger partial charge >= 0.3 is 18.0 Å². The Labute approximate surface area is 112 Å². The predicted molar refractivity (Wildman–Crippen MR) is 68.7 cm³/mol. The Kier molecular flexibility index (Phi) is 6.89. The molecule has 0 fully saturated rings. The number of hydrogen-bond acceptors (Lipinski definition) is 4. The van der Waals surface area contributed by atoms with Crippen LogP contribution in [0.5, 0.6) is 0 Å². The van der Waals surface area contributed by atoms with Crippen molar-refractivity contribution < 1.29 is 24.2 Å². The summed E-state index contributed by atoms with van der Waals surface area (Å²) in [4.78, 5) is 35.4. The zero-order chi connectivity index (χ0) is 15.1. The van der Waals surface area contributed by atoms with E-state index in [-0.39, 0.29) is 26.0 Å². The number of carbonyl (C=O) groups is 3. The van der Waals surface area contributed by atoms with Crippen molar-refractivity contribution in [3.8, 4) is 0 Å². The number of nitrogens with zero attached hydrogens (tertiary/aromatic N) is 1. The van der Waals surface area contributed by atoms with Crippen LogP contribution in [0.2, 0.25) is 0 Å². The summed E-state index contributed by atoms with van der Waals surface area (Å²) in [6.45, 7) is 5.05. The molecule has 0 radical (unpaired) electrons. The maximum absolute atomic E-state index is 11.9. The SMILES string of the molecule is CCOC(=O)CN(C)C(=O)NC(CC)(CC)C(=O)O. The molecule has 0 aromatic carbocycles. The van der Waals surface area contributed by atoms with Gasteiger partial charge in [0, 0.05) is 7.05 Å². The van der Waals surface area contributed by atoms with Gasteiger partial charge in [0.05, 0.1) is 6.61 Å². The topological polar surface area (TPSA) is 95.9 Å². The van der Waals surface area contributed by atoms with Crippen molar-refractivity contribution in [1.82, 2.24) is 10.2 Å². The number of carboxylic acids is 1. The number of urea groups is 1. The van der Waals surface area contributed by atoms with Crippen molar-refractivity contribution in [1.29, 1.82) is 0 Å². The minimum absolute atomic E-state index is 0.219. The van der Waals surface area contributed by atoms with Crippen molar-refractivity contribution in [3.63, 3.8) is 0 Å². The number of nitrogens with one attached hydrogen (secondary N) is 1. The number of carbonyl (C=O) groups excluding carboxylic acids is 2. The van der Waals surface area contributed by atoms with Gasteiger partial charge in [-0.3, -0.25) is 4.79 Å². The van der Waals surface area contributed by atoms with E-state index in [0.29, 0.717) is 0 Å². The standard InChI is InChI=1S/C12H22N2O5/c1-5-12(6-2,10(16)17)13-11(18)14(4)8-9(15)19-7-3/h5-8H2,1-4H3,(H,13,18)(H,16,17). The van der Waals surface area contributed by atoms with Gasteiger partial charge in [-0.25, -0.2) is 9.59 Å². The summed E-state index contributed by atoms with van der Waals surface area (Å²) in [5.41, 5.74) is -1.31. The molecule has 0 aliphatic carbocycles. The molecule has 0 saturated carbocycles. The molecule has 7 heteroatoms. The molecule has 19 heavy (non-hydrogen) atoms. The number of carboxylic acid groups (broad SMARTS) is 1. The lowest BCUT2D eigenvalue weighted by Crippen LogP contribution is -2.57. The average Bonchev–Trinajstić information content (AvgIpc) is 2.35. The minimum atomic E-state index is -1.31. The molecule has 0 aromatic rings. The molecule has 2 amide bonds. The van der Waals surface area contributed by atoms with Gasteiger partial charge in [-0.1, -0.05) is 13.8 Å². The molecule has 0 aliphatic heterocycles. The largest absolute Gasteiger partial charge is 0.480 e. The quantitative estimate of drug-likeness (QED) is 0.670. The Bertz CT molecular complexity index is 339. The Morgan fingerprint density at radius 1 is 1.21 bits per heavy atom. The van der Waals surface area contributed by atoms with Crippen LogP contribution in [0.4, 0.5) is 4.79 Å². The fraction of sp³-hybridized carbons (Fsp3) is 0.750. The average molecular weight is 274 g/mol. The van der Waals surface area contributed by atoms with E-state index >= 15 is 0 Å². The van der Waals surface area contributed by atoms with E-state index in [1.807, 2.05) is 0 Å². The molecular formula is C12H22N2O5. The normalized spacial score (nSPS) is 10.7. The van der Waals surface area contributed by atoms with Crippen molar-refractivity contribution >= 4 is 18.0 Å².